The standard InChI is InChI=1S/C13H16N2O3S/c1-4-18-12(16)9-8(3)14-13(17)15-10(9)11-7(2)5-6-19-11/h5-6,10H,4H2,1-3H3,(H2,14,15,17)/t10-/m0/s1. The van der Waals surface area contributed by atoms with E-state index in [1.807, 2.05) is 18.4 Å². The third kappa shape index (κ3) is 2.63. The maximum atomic E-state index is 12.1. The van der Waals surface area contributed by atoms with Crippen molar-refractivity contribution >= 4 is 23.3 Å². The summed E-state index contributed by atoms with van der Waals surface area (Å²) in [6.07, 6.45) is 0. The van der Waals surface area contributed by atoms with Crippen LogP contribution in [0.25, 0.3) is 0 Å². The second-order valence-corrected chi connectivity index (χ2v) is 5.21. The molecule has 2 heterocycles. The van der Waals surface area contributed by atoms with Gasteiger partial charge in [-0.25, -0.2) is 9.59 Å². The van der Waals surface area contributed by atoms with Gasteiger partial charge in [-0.2, -0.15) is 0 Å². The Morgan fingerprint density at radius 1 is 1.47 bits per heavy atom. The minimum atomic E-state index is -0.437. The van der Waals surface area contributed by atoms with Crippen LogP contribution < -0.4 is 10.6 Å². The molecule has 102 valence electrons. The summed E-state index contributed by atoms with van der Waals surface area (Å²) in [5, 5.41) is 7.34. The largest absolute Gasteiger partial charge is 0.463 e. The second-order valence-electron chi connectivity index (χ2n) is 4.26. The summed E-state index contributed by atoms with van der Waals surface area (Å²) in [5.41, 5.74) is 2.05. The van der Waals surface area contributed by atoms with E-state index in [0.29, 0.717) is 17.9 Å². The zero-order chi connectivity index (χ0) is 14.0. The Morgan fingerprint density at radius 3 is 2.79 bits per heavy atom. The van der Waals surface area contributed by atoms with Crippen molar-refractivity contribution < 1.29 is 14.3 Å². The molecule has 0 saturated carbocycles. The van der Waals surface area contributed by atoms with E-state index in [4.69, 9.17) is 4.74 Å². The van der Waals surface area contributed by atoms with Gasteiger partial charge in [0.1, 0.15) is 0 Å². The molecule has 1 aromatic rings. The molecule has 2 N–H and O–H groups in total. The van der Waals surface area contributed by atoms with Gasteiger partial charge in [0.2, 0.25) is 0 Å². The Labute approximate surface area is 115 Å². The number of thiophene rings is 1. The van der Waals surface area contributed by atoms with Crippen LogP contribution in [0.1, 0.15) is 30.3 Å². The quantitative estimate of drug-likeness (QED) is 0.834. The van der Waals surface area contributed by atoms with Crippen LogP contribution in [0.3, 0.4) is 0 Å². The van der Waals surface area contributed by atoms with E-state index in [1.54, 1.807) is 13.8 Å². The van der Waals surface area contributed by atoms with Crippen LogP contribution in [-0.4, -0.2) is 18.6 Å². The van der Waals surface area contributed by atoms with Gasteiger partial charge in [0.25, 0.3) is 0 Å². The third-order valence-corrected chi connectivity index (χ3v) is 4.01. The molecule has 1 aromatic heterocycles. The van der Waals surface area contributed by atoms with Crippen molar-refractivity contribution in [2.45, 2.75) is 26.8 Å². The SMILES string of the molecule is CCOC(=O)C1=C(C)NC(=O)N[C@@H]1c1sccc1C. The number of allylic oxidation sites excluding steroid dienone is 1. The minimum absolute atomic E-state index is 0.302. The van der Waals surface area contributed by atoms with Crippen LogP contribution in [0.2, 0.25) is 0 Å². The lowest BCUT2D eigenvalue weighted by Gasteiger charge is -2.27. The van der Waals surface area contributed by atoms with E-state index in [0.717, 1.165) is 10.4 Å². The first kappa shape index (κ1) is 13.6. The number of aryl methyl sites for hydroxylation is 1. The molecule has 19 heavy (non-hydrogen) atoms. The van der Waals surface area contributed by atoms with Gasteiger partial charge < -0.3 is 15.4 Å². The van der Waals surface area contributed by atoms with Crippen LogP contribution in [0.15, 0.2) is 22.7 Å². The molecule has 0 fully saturated rings. The Morgan fingerprint density at radius 2 is 2.21 bits per heavy atom. The summed E-state index contributed by atoms with van der Waals surface area (Å²) < 4.78 is 5.07. The van der Waals surface area contributed by atoms with Crippen molar-refractivity contribution in [2.75, 3.05) is 6.61 Å². The van der Waals surface area contributed by atoms with E-state index in [2.05, 4.69) is 10.6 Å². The van der Waals surface area contributed by atoms with E-state index in [-0.39, 0.29) is 6.03 Å². The molecule has 2 amide bonds. The van der Waals surface area contributed by atoms with Crippen LogP contribution in [0.4, 0.5) is 4.79 Å². The fraction of sp³-hybridized carbons (Fsp3) is 0.385. The number of amides is 2. The monoisotopic (exact) mass is 280 g/mol. The molecule has 0 spiro atoms. The van der Waals surface area contributed by atoms with Gasteiger partial charge in [-0.15, -0.1) is 11.3 Å². The molecule has 1 aliphatic rings. The predicted octanol–water partition coefficient (Wildman–Crippen LogP) is 2.25. The number of carbonyl (C=O) groups excluding carboxylic acids is 2. The van der Waals surface area contributed by atoms with Crippen molar-refractivity contribution in [1.82, 2.24) is 10.6 Å². The number of nitrogens with one attached hydrogen (secondary N) is 2. The molecule has 0 bridgehead atoms. The number of hydrogen-bond donors (Lipinski definition) is 2. The summed E-state index contributed by atoms with van der Waals surface area (Å²) in [7, 11) is 0. The highest BCUT2D eigenvalue weighted by Gasteiger charge is 2.33. The van der Waals surface area contributed by atoms with E-state index in [1.165, 1.54) is 11.3 Å². The van der Waals surface area contributed by atoms with Gasteiger partial charge in [-0.05, 0) is 37.8 Å². The molecular formula is C13H16N2O3S. The zero-order valence-electron chi connectivity index (χ0n) is 11.1. The average molecular weight is 280 g/mol. The zero-order valence-corrected chi connectivity index (χ0v) is 11.9. The van der Waals surface area contributed by atoms with Crippen LogP contribution in [-0.2, 0) is 9.53 Å². The first-order valence-corrected chi connectivity index (χ1v) is 6.92. The van der Waals surface area contributed by atoms with Gasteiger partial charge in [-0.3, -0.25) is 0 Å². The molecule has 0 radical (unpaired) electrons. The molecule has 0 saturated heterocycles. The lowest BCUT2D eigenvalue weighted by molar-refractivity contribution is -0.139. The van der Waals surface area contributed by atoms with Crippen molar-refractivity contribution in [3.63, 3.8) is 0 Å². The number of hydrogen-bond acceptors (Lipinski definition) is 4. The van der Waals surface area contributed by atoms with E-state index < -0.39 is 12.0 Å². The molecule has 2 rings (SSSR count). The lowest BCUT2D eigenvalue weighted by Crippen LogP contribution is -2.45. The maximum Gasteiger partial charge on any atom is 0.338 e. The summed E-state index contributed by atoms with van der Waals surface area (Å²) in [5.74, 6) is -0.398. The topological polar surface area (TPSA) is 67.4 Å². The van der Waals surface area contributed by atoms with Crippen molar-refractivity contribution in [2.24, 2.45) is 0 Å². The first-order valence-electron chi connectivity index (χ1n) is 6.04. The van der Waals surface area contributed by atoms with Gasteiger partial charge >= 0.3 is 12.0 Å². The summed E-state index contributed by atoms with van der Waals surface area (Å²) in [4.78, 5) is 24.6. The molecule has 0 unspecified atom stereocenters. The van der Waals surface area contributed by atoms with Crippen molar-refractivity contribution in [3.05, 3.63) is 33.2 Å². The number of carbonyl (C=O) groups is 2. The third-order valence-electron chi connectivity index (χ3n) is 2.93. The number of urea groups is 1. The predicted molar refractivity (Wildman–Crippen MR) is 72.8 cm³/mol. The molecule has 1 atom stereocenters. The Hall–Kier alpha value is -1.82. The fourth-order valence-corrected chi connectivity index (χ4v) is 3.04. The van der Waals surface area contributed by atoms with Crippen molar-refractivity contribution in [3.8, 4) is 0 Å². The number of ether oxygens (including phenoxy) is 1. The van der Waals surface area contributed by atoms with Crippen molar-refractivity contribution in [1.29, 1.82) is 0 Å². The van der Waals surface area contributed by atoms with Crippen LogP contribution >= 0.6 is 11.3 Å². The molecule has 0 aliphatic carbocycles. The minimum Gasteiger partial charge on any atom is -0.463 e. The Kier molecular flexibility index (Phi) is 3.90. The highest BCUT2D eigenvalue weighted by Crippen LogP contribution is 2.32. The number of esters is 1. The van der Waals surface area contributed by atoms with E-state index in [9.17, 15) is 9.59 Å². The average Bonchev–Trinajstić information content (AvgIpc) is 2.74. The van der Waals surface area contributed by atoms with Gasteiger partial charge in [0.05, 0.1) is 18.2 Å². The highest BCUT2D eigenvalue weighted by atomic mass is 32.1. The highest BCUT2D eigenvalue weighted by molar-refractivity contribution is 7.10. The van der Waals surface area contributed by atoms with E-state index >= 15 is 0 Å². The Balaban J connectivity index is 2.44. The Bertz CT molecular complexity index is 548. The molecule has 5 nitrogen and oxygen atoms in total. The molecular weight excluding hydrogens is 264 g/mol. The molecule has 6 heteroatoms. The normalized spacial score (nSPS) is 18.9. The second kappa shape index (κ2) is 5.44. The van der Waals surface area contributed by atoms with Gasteiger partial charge in [0, 0.05) is 10.6 Å². The van der Waals surface area contributed by atoms with Crippen LogP contribution in [0.5, 0.6) is 0 Å². The summed E-state index contributed by atoms with van der Waals surface area (Å²) in [6, 6.07) is 1.22. The number of rotatable bonds is 3. The maximum absolute atomic E-state index is 12.1. The molecule has 0 aromatic carbocycles. The summed E-state index contributed by atoms with van der Waals surface area (Å²) >= 11 is 1.51. The first-order chi connectivity index (χ1) is 9.04. The summed E-state index contributed by atoms with van der Waals surface area (Å²) in [6.45, 7) is 5.73. The smallest absolute Gasteiger partial charge is 0.338 e. The van der Waals surface area contributed by atoms with Crippen LogP contribution in [0, 0.1) is 6.92 Å². The fourth-order valence-electron chi connectivity index (χ4n) is 2.05. The van der Waals surface area contributed by atoms with Gasteiger partial charge in [0.15, 0.2) is 0 Å². The lowest BCUT2D eigenvalue weighted by atomic mass is 9.99. The molecule has 1 aliphatic heterocycles. The van der Waals surface area contributed by atoms with Gasteiger partial charge in [-0.1, -0.05) is 0 Å².